The Kier molecular flexibility index (Phi) is 6.00. The number of hydrogen-bond donors (Lipinski definition) is 2. The first kappa shape index (κ1) is 18.1. The van der Waals surface area contributed by atoms with Crippen LogP contribution in [0.25, 0.3) is 0 Å². The Morgan fingerprint density at radius 3 is 2.73 bits per heavy atom. The molecule has 0 atom stereocenters. The molecule has 0 aliphatic heterocycles. The third-order valence-corrected chi connectivity index (χ3v) is 4.74. The van der Waals surface area contributed by atoms with Crippen molar-refractivity contribution < 1.29 is 9.47 Å². The molecule has 3 rings (SSSR count). The lowest BCUT2D eigenvalue weighted by molar-refractivity contribution is 0.398. The minimum absolute atomic E-state index is 0.459. The monoisotopic (exact) mass is 353 g/mol. The Hall–Kier alpha value is -2.69. The predicted molar refractivity (Wildman–Crippen MR) is 106 cm³/mol. The van der Waals surface area contributed by atoms with Gasteiger partial charge in [0.05, 0.1) is 14.2 Å². The van der Waals surface area contributed by atoms with E-state index in [-0.39, 0.29) is 0 Å². The van der Waals surface area contributed by atoms with Gasteiger partial charge in [-0.1, -0.05) is 6.07 Å². The maximum atomic E-state index is 6.03. The standard InChI is InChI=1S/C21H27N3O2/c1-25-19-10-11-20(26-2)17(14-19)7-4-12-23-21(22)24-18-9-8-15-5-3-6-16(15)13-18/h8-11,13-14H,3-7,12H2,1-2H3,(H3,22,23,24). The summed E-state index contributed by atoms with van der Waals surface area (Å²) in [6.45, 7) is 0.657. The maximum Gasteiger partial charge on any atom is 0.193 e. The van der Waals surface area contributed by atoms with Crippen molar-refractivity contribution in [3.8, 4) is 11.5 Å². The molecule has 26 heavy (non-hydrogen) atoms. The summed E-state index contributed by atoms with van der Waals surface area (Å²) in [5, 5.41) is 3.19. The molecule has 3 N–H and O–H groups in total. The summed E-state index contributed by atoms with van der Waals surface area (Å²) in [7, 11) is 3.35. The number of nitrogens with zero attached hydrogens (tertiary/aromatic N) is 1. The fourth-order valence-electron chi connectivity index (χ4n) is 3.38. The Morgan fingerprint density at radius 1 is 1.08 bits per heavy atom. The van der Waals surface area contributed by atoms with Crippen LogP contribution in [-0.4, -0.2) is 26.7 Å². The minimum Gasteiger partial charge on any atom is -0.497 e. The van der Waals surface area contributed by atoms with E-state index in [0.29, 0.717) is 12.5 Å². The number of methoxy groups -OCH3 is 2. The zero-order valence-corrected chi connectivity index (χ0v) is 15.5. The van der Waals surface area contributed by atoms with Gasteiger partial charge in [-0.25, -0.2) is 0 Å². The first-order valence-corrected chi connectivity index (χ1v) is 9.09. The number of benzene rings is 2. The van der Waals surface area contributed by atoms with Crippen molar-refractivity contribution >= 4 is 11.6 Å². The molecule has 0 aromatic heterocycles. The van der Waals surface area contributed by atoms with Crippen LogP contribution >= 0.6 is 0 Å². The molecule has 1 aliphatic carbocycles. The highest BCUT2D eigenvalue weighted by atomic mass is 16.5. The molecule has 0 saturated carbocycles. The fourth-order valence-corrected chi connectivity index (χ4v) is 3.38. The number of hydrogen-bond acceptors (Lipinski definition) is 3. The SMILES string of the molecule is COc1ccc(OC)c(CCCN=C(N)Nc2ccc3c(c2)CCC3)c1. The van der Waals surface area contributed by atoms with Crippen LogP contribution in [-0.2, 0) is 19.3 Å². The average Bonchev–Trinajstić information content (AvgIpc) is 3.12. The summed E-state index contributed by atoms with van der Waals surface area (Å²) >= 11 is 0. The van der Waals surface area contributed by atoms with Crippen LogP contribution in [0.2, 0.25) is 0 Å². The van der Waals surface area contributed by atoms with Crippen LogP contribution in [0, 0.1) is 0 Å². The highest BCUT2D eigenvalue weighted by molar-refractivity contribution is 5.92. The normalized spacial score (nSPS) is 13.4. The Bertz CT molecular complexity index is 787. The van der Waals surface area contributed by atoms with Gasteiger partial charge in [0.1, 0.15) is 11.5 Å². The lowest BCUT2D eigenvalue weighted by atomic mass is 10.1. The summed E-state index contributed by atoms with van der Waals surface area (Å²) < 4.78 is 10.7. The summed E-state index contributed by atoms with van der Waals surface area (Å²) in [6.07, 6.45) is 5.33. The van der Waals surface area contributed by atoms with Crippen molar-refractivity contribution in [2.75, 3.05) is 26.1 Å². The van der Waals surface area contributed by atoms with Crippen molar-refractivity contribution in [2.24, 2.45) is 10.7 Å². The molecule has 2 aromatic rings. The van der Waals surface area contributed by atoms with Gasteiger partial charge in [0.15, 0.2) is 5.96 Å². The number of aliphatic imine (C=N–C) groups is 1. The topological polar surface area (TPSA) is 68.9 Å². The van der Waals surface area contributed by atoms with Gasteiger partial charge in [-0.2, -0.15) is 0 Å². The first-order chi connectivity index (χ1) is 12.7. The predicted octanol–water partition coefficient (Wildman–Crippen LogP) is 3.55. The molecule has 0 fully saturated rings. The Balaban J connectivity index is 1.52. The lowest BCUT2D eigenvalue weighted by Crippen LogP contribution is -2.23. The number of anilines is 1. The van der Waals surface area contributed by atoms with E-state index in [1.54, 1.807) is 14.2 Å². The lowest BCUT2D eigenvalue weighted by Gasteiger charge is -2.10. The van der Waals surface area contributed by atoms with Gasteiger partial charge in [0.25, 0.3) is 0 Å². The van der Waals surface area contributed by atoms with Gasteiger partial charge in [-0.05, 0) is 79.1 Å². The molecule has 5 heteroatoms. The number of aryl methyl sites for hydroxylation is 3. The average molecular weight is 353 g/mol. The van der Waals surface area contributed by atoms with E-state index in [4.69, 9.17) is 15.2 Å². The van der Waals surface area contributed by atoms with Crippen LogP contribution < -0.4 is 20.5 Å². The molecule has 0 spiro atoms. The number of nitrogens with one attached hydrogen (secondary N) is 1. The molecule has 2 aromatic carbocycles. The molecule has 1 aliphatic rings. The summed E-state index contributed by atoms with van der Waals surface area (Å²) in [4.78, 5) is 4.44. The van der Waals surface area contributed by atoms with Crippen molar-refractivity contribution in [1.82, 2.24) is 0 Å². The van der Waals surface area contributed by atoms with Crippen molar-refractivity contribution in [3.63, 3.8) is 0 Å². The van der Waals surface area contributed by atoms with Crippen LogP contribution in [0.15, 0.2) is 41.4 Å². The van der Waals surface area contributed by atoms with Crippen LogP contribution in [0.1, 0.15) is 29.5 Å². The second kappa shape index (κ2) is 8.61. The molecule has 0 unspecified atom stereocenters. The number of nitrogens with two attached hydrogens (primary N) is 1. The molecule has 5 nitrogen and oxygen atoms in total. The highest BCUT2D eigenvalue weighted by Gasteiger charge is 2.11. The van der Waals surface area contributed by atoms with Gasteiger partial charge in [0, 0.05) is 12.2 Å². The van der Waals surface area contributed by atoms with E-state index in [1.165, 1.54) is 24.0 Å². The van der Waals surface area contributed by atoms with Crippen molar-refractivity contribution in [1.29, 1.82) is 0 Å². The van der Waals surface area contributed by atoms with Gasteiger partial charge in [-0.15, -0.1) is 0 Å². The van der Waals surface area contributed by atoms with Gasteiger partial charge < -0.3 is 20.5 Å². The first-order valence-electron chi connectivity index (χ1n) is 9.09. The number of fused-ring (bicyclic) bond motifs is 1. The molecule has 0 amide bonds. The van der Waals surface area contributed by atoms with Gasteiger partial charge in [-0.3, -0.25) is 4.99 Å². The third kappa shape index (κ3) is 4.48. The summed E-state index contributed by atoms with van der Waals surface area (Å²) in [6, 6.07) is 12.3. The van der Waals surface area contributed by atoms with E-state index in [2.05, 4.69) is 28.5 Å². The maximum absolute atomic E-state index is 6.03. The van der Waals surface area contributed by atoms with E-state index >= 15 is 0 Å². The zero-order chi connectivity index (χ0) is 18.4. The largest absolute Gasteiger partial charge is 0.497 e. The van der Waals surface area contributed by atoms with Gasteiger partial charge >= 0.3 is 0 Å². The second-order valence-corrected chi connectivity index (χ2v) is 6.51. The van der Waals surface area contributed by atoms with E-state index in [1.807, 2.05) is 18.2 Å². The Morgan fingerprint density at radius 2 is 1.92 bits per heavy atom. The molecule has 0 radical (unpaired) electrons. The van der Waals surface area contributed by atoms with Crippen LogP contribution in [0.3, 0.4) is 0 Å². The van der Waals surface area contributed by atoms with Gasteiger partial charge in [0.2, 0.25) is 0 Å². The molecular weight excluding hydrogens is 326 g/mol. The quantitative estimate of drug-likeness (QED) is 0.454. The number of rotatable bonds is 7. The smallest absolute Gasteiger partial charge is 0.193 e. The minimum atomic E-state index is 0.459. The van der Waals surface area contributed by atoms with Crippen molar-refractivity contribution in [3.05, 3.63) is 53.1 Å². The van der Waals surface area contributed by atoms with E-state index in [0.717, 1.165) is 42.0 Å². The molecule has 138 valence electrons. The molecule has 0 bridgehead atoms. The number of guanidine groups is 1. The fraction of sp³-hybridized carbons (Fsp3) is 0.381. The third-order valence-electron chi connectivity index (χ3n) is 4.74. The molecule has 0 saturated heterocycles. The summed E-state index contributed by atoms with van der Waals surface area (Å²) in [5.41, 5.74) is 11.0. The highest BCUT2D eigenvalue weighted by Crippen LogP contribution is 2.26. The molecule has 0 heterocycles. The van der Waals surface area contributed by atoms with Crippen molar-refractivity contribution in [2.45, 2.75) is 32.1 Å². The Labute approximate surface area is 155 Å². The second-order valence-electron chi connectivity index (χ2n) is 6.51. The van der Waals surface area contributed by atoms with E-state index in [9.17, 15) is 0 Å². The van der Waals surface area contributed by atoms with Crippen LogP contribution in [0.4, 0.5) is 5.69 Å². The zero-order valence-electron chi connectivity index (χ0n) is 15.5. The van der Waals surface area contributed by atoms with Crippen LogP contribution in [0.5, 0.6) is 11.5 Å². The summed E-state index contributed by atoms with van der Waals surface area (Å²) in [5.74, 6) is 2.17. The van der Waals surface area contributed by atoms with E-state index < -0.39 is 0 Å². The number of ether oxygens (including phenoxy) is 2. The molecular formula is C21H27N3O2.